The molecule has 1 unspecified atom stereocenters. The van der Waals surface area contributed by atoms with Crippen molar-refractivity contribution in [3.05, 3.63) is 66.2 Å². The third-order valence-electron chi connectivity index (χ3n) is 4.66. The normalized spacial score (nSPS) is 18.7. The summed E-state index contributed by atoms with van der Waals surface area (Å²) in [6.45, 7) is 3.19. The van der Waals surface area contributed by atoms with Gasteiger partial charge in [-0.2, -0.15) is 0 Å². The first-order valence-corrected chi connectivity index (χ1v) is 8.87. The quantitative estimate of drug-likeness (QED) is 0.696. The van der Waals surface area contributed by atoms with Gasteiger partial charge in [0, 0.05) is 12.6 Å². The second kappa shape index (κ2) is 8.73. The molecule has 0 amide bonds. The lowest BCUT2D eigenvalue weighted by atomic mass is 9.95. The summed E-state index contributed by atoms with van der Waals surface area (Å²) >= 11 is 0. The number of rotatable bonds is 7. The summed E-state index contributed by atoms with van der Waals surface area (Å²) in [5.74, 6) is 0.979. The van der Waals surface area contributed by atoms with Crippen molar-refractivity contribution in [3.8, 4) is 5.75 Å². The first kappa shape index (κ1) is 16.1. The van der Waals surface area contributed by atoms with Crippen LogP contribution < -0.4 is 4.74 Å². The first-order chi connectivity index (χ1) is 11.4. The minimum atomic E-state index is 0.697. The Bertz CT molecular complexity index is 555. The van der Waals surface area contributed by atoms with Crippen LogP contribution in [0.15, 0.2) is 60.7 Å². The second-order valence-electron chi connectivity index (χ2n) is 6.39. The molecule has 1 aliphatic rings. The average molecular weight is 309 g/mol. The third-order valence-corrected chi connectivity index (χ3v) is 4.66. The summed E-state index contributed by atoms with van der Waals surface area (Å²) in [6, 6.07) is 21.7. The first-order valence-electron chi connectivity index (χ1n) is 8.87. The molecule has 122 valence electrons. The fourth-order valence-corrected chi connectivity index (χ4v) is 3.45. The molecule has 0 aromatic heterocycles. The van der Waals surface area contributed by atoms with E-state index in [4.69, 9.17) is 4.74 Å². The molecule has 2 aromatic carbocycles. The van der Waals surface area contributed by atoms with E-state index in [-0.39, 0.29) is 0 Å². The highest BCUT2D eigenvalue weighted by atomic mass is 16.5. The SMILES string of the molecule is c1ccc(CC2CCCCN2CCCOc2ccccc2)cc1. The summed E-state index contributed by atoms with van der Waals surface area (Å²) in [7, 11) is 0. The zero-order chi connectivity index (χ0) is 15.7. The van der Waals surface area contributed by atoms with Crippen molar-refractivity contribution < 1.29 is 4.74 Å². The van der Waals surface area contributed by atoms with Crippen LogP contribution in [0.2, 0.25) is 0 Å². The van der Waals surface area contributed by atoms with E-state index in [0.29, 0.717) is 6.04 Å². The van der Waals surface area contributed by atoms with Crippen molar-refractivity contribution in [1.82, 2.24) is 4.90 Å². The summed E-state index contributed by atoms with van der Waals surface area (Å²) in [6.07, 6.45) is 6.31. The Labute approximate surface area is 140 Å². The van der Waals surface area contributed by atoms with Crippen LogP contribution in [-0.4, -0.2) is 30.6 Å². The van der Waals surface area contributed by atoms with Gasteiger partial charge >= 0.3 is 0 Å². The van der Waals surface area contributed by atoms with Crippen molar-refractivity contribution in [2.24, 2.45) is 0 Å². The maximum absolute atomic E-state index is 5.82. The van der Waals surface area contributed by atoms with Gasteiger partial charge in [0.1, 0.15) is 5.75 Å². The number of nitrogens with zero attached hydrogens (tertiary/aromatic N) is 1. The average Bonchev–Trinajstić information content (AvgIpc) is 2.62. The van der Waals surface area contributed by atoms with Gasteiger partial charge in [0.25, 0.3) is 0 Å². The molecular weight excluding hydrogens is 282 g/mol. The molecule has 0 spiro atoms. The predicted octanol–water partition coefficient (Wildman–Crippen LogP) is 4.55. The molecule has 1 aliphatic heterocycles. The van der Waals surface area contributed by atoms with Crippen LogP contribution in [0.1, 0.15) is 31.2 Å². The number of piperidine rings is 1. The molecule has 1 atom stereocenters. The highest BCUT2D eigenvalue weighted by molar-refractivity contribution is 5.20. The Hall–Kier alpha value is -1.80. The minimum absolute atomic E-state index is 0.697. The van der Waals surface area contributed by atoms with Crippen LogP contribution in [0.5, 0.6) is 5.75 Å². The van der Waals surface area contributed by atoms with E-state index >= 15 is 0 Å². The molecule has 0 radical (unpaired) electrons. The maximum Gasteiger partial charge on any atom is 0.119 e. The summed E-state index contributed by atoms with van der Waals surface area (Å²) in [5, 5.41) is 0. The van der Waals surface area contributed by atoms with E-state index in [2.05, 4.69) is 35.2 Å². The maximum atomic E-state index is 5.82. The van der Waals surface area contributed by atoms with Crippen molar-refractivity contribution >= 4 is 0 Å². The van der Waals surface area contributed by atoms with Crippen LogP contribution >= 0.6 is 0 Å². The largest absolute Gasteiger partial charge is 0.494 e. The van der Waals surface area contributed by atoms with Crippen LogP contribution in [0.4, 0.5) is 0 Å². The van der Waals surface area contributed by atoms with Crippen molar-refractivity contribution in [2.75, 3.05) is 19.7 Å². The number of hydrogen-bond acceptors (Lipinski definition) is 2. The van der Waals surface area contributed by atoms with Gasteiger partial charge in [0.05, 0.1) is 6.61 Å². The Morgan fingerprint density at radius 2 is 1.65 bits per heavy atom. The summed E-state index contributed by atoms with van der Waals surface area (Å²) in [4.78, 5) is 2.67. The molecule has 0 N–H and O–H groups in total. The Morgan fingerprint density at radius 3 is 2.43 bits per heavy atom. The second-order valence-corrected chi connectivity index (χ2v) is 6.39. The van der Waals surface area contributed by atoms with Gasteiger partial charge in [-0.25, -0.2) is 0 Å². The van der Waals surface area contributed by atoms with Gasteiger partial charge in [-0.1, -0.05) is 55.0 Å². The van der Waals surface area contributed by atoms with E-state index < -0.39 is 0 Å². The minimum Gasteiger partial charge on any atom is -0.494 e. The standard InChI is InChI=1S/C21H27NO/c1-3-10-19(11-4-1)18-20-12-7-8-15-22(20)16-9-17-23-21-13-5-2-6-14-21/h1-6,10-11,13-14,20H,7-9,12,15-18H2. The monoisotopic (exact) mass is 309 g/mol. The van der Waals surface area contributed by atoms with Crippen LogP contribution in [0.25, 0.3) is 0 Å². The lowest BCUT2D eigenvalue weighted by Crippen LogP contribution is -2.41. The van der Waals surface area contributed by atoms with Crippen LogP contribution in [-0.2, 0) is 6.42 Å². The molecule has 0 saturated carbocycles. The van der Waals surface area contributed by atoms with E-state index in [1.54, 1.807) is 0 Å². The molecule has 3 rings (SSSR count). The lowest BCUT2D eigenvalue weighted by molar-refractivity contribution is 0.136. The van der Waals surface area contributed by atoms with Crippen molar-refractivity contribution in [2.45, 2.75) is 38.1 Å². The van der Waals surface area contributed by atoms with Gasteiger partial charge in [0.2, 0.25) is 0 Å². The van der Waals surface area contributed by atoms with E-state index in [1.165, 1.54) is 37.8 Å². The van der Waals surface area contributed by atoms with E-state index in [0.717, 1.165) is 25.3 Å². The number of likely N-dealkylation sites (tertiary alicyclic amines) is 1. The van der Waals surface area contributed by atoms with E-state index in [9.17, 15) is 0 Å². The van der Waals surface area contributed by atoms with Gasteiger partial charge in [0.15, 0.2) is 0 Å². The Kier molecular flexibility index (Phi) is 6.10. The van der Waals surface area contributed by atoms with Crippen LogP contribution in [0, 0.1) is 0 Å². The Balaban J connectivity index is 1.45. The van der Waals surface area contributed by atoms with Gasteiger partial charge in [-0.3, -0.25) is 4.90 Å². The lowest BCUT2D eigenvalue weighted by Gasteiger charge is -2.36. The van der Waals surface area contributed by atoms with Crippen molar-refractivity contribution in [3.63, 3.8) is 0 Å². The molecular formula is C21H27NO. The number of hydrogen-bond donors (Lipinski definition) is 0. The highest BCUT2D eigenvalue weighted by Crippen LogP contribution is 2.21. The smallest absolute Gasteiger partial charge is 0.119 e. The predicted molar refractivity (Wildman–Crippen MR) is 95.9 cm³/mol. The molecule has 2 heteroatoms. The third kappa shape index (κ3) is 5.11. The van der Waals surface area contributed by atoms with Gasteiger partial charge in [-0.15, -0.1) is 0 Å². The van der Waals surface area contributed by atoms with Crippen LogP contribution in [0.3, 0.4) is 0 Å². The molecule has 0 bridgehead atoms. The molecule has 1 saturated heterocycles. The number of benzene rings is 2. The molecule has 1 heterocycles. The molecule has 1 fully saturated rings. The van der Waals surface area contributed by atoms with E-state index in [1.807, 2.05) is 30.3 Å². The van der Waals surface area contributed by atoms with Gasteiger partial charge in [-0.05, 0) is 49.9 Å². The fourth-order valence-electron chi connectivity index (χ4n) is 3.45. The summed E-state index contributed by atoms with van der Waals surface area (Å²) in [5.41, 5.74) is 1.46. The molecule has 23 heavy (non-hydrogen) atoms. The fraction of sp³-hybridized carbons (Fsp3) is 0.429. The zero-order valence-electron chi connectivity index (χ0n) is 13.9. The number of ether oxygens (including phenoxy) is 1. The topological polar surface area (TPSA) is 12.5 Å². The molecule has 2 aromatic rings. The molecule has 0 aliphatic carbocycles. The summed E-state index contributed by atoms with van der Waals surface area (Å²) < 4.78 is 5.82. The highest BCUT2D eigenvalue weighted by Gasteiger charge is 2.21. The zero-order valence-corrected chi connectivity index (χ0v) is 13.9. The molecule has 2 nitrogen and oxygen atoms in total. The van der Waals surface area contributed by atoms with Gasteiger partial charge < -0.3 is 4.74 Å². The number of para-hydroxylation sites is 1. The Morgan fingerprint density at radius 1 is 0.913 bits per heavy atom. The van der Waals surface area contributed by atoms with Crippen molar-refractivity contribution in [1.29, 1.82) is 0 Å².